The molecule has 1 aromatic heterocycles. The van der Waals surface area contributed by atoms with Crippen LogP contribution in [0.15, 0.2) is 70.3 Å². The molecule has 2 aromatic rings. The van der Waals surface area contributed by atoms with Crippen molar-refractivity contribution in [3.63, 3.8) is 0 Å². The quantitative estimate of drug-likeness (QED) is 0.627. The van der Waals surface area contributed by atoms with Crippen LogP contribution in [0.1, 0.15) is 6.92 Å². The summed E-state index contributed by atoms with van der Waals surface area (Å²) in [5, 5.41) is 6.04. The first-order valence-electron chi connectivity index (χ1n) is 6.03. The monoisotopic (exact) mass is 284 g/mol. The molecule has 100 valence electrons. The topological polar surface area (TPSA) is 52.3 Å². The number of nitrogens with zero attached hydrogens (tertiary/aromatic N) is 4. The number of hydrogen-bond donors (Lipinski definition) is 0. The summed E-state index contributed by atoms with van der Waals surface area (Å²) >= 11 is 1.55. The first-order chi connectivity index (χ1) is 9.84. The second-order valence-corrected chi connectivity index (χ2v) is 4.92. The Bertz CT molecular complexity index is 674. The van der Waals surface area contributed by atoms with E-state index in [1.807, 2.05) is 42.7 Å². The van der Waals surface area contributed by atoms with Gasteiger partial charge in [-0.3, -0.25) is 0 Å². The fourth-order valence-corrected chi connectivity index (χ4v) is 2.43. The van der Waals surface area contributed by atoms with Crippen molar-refractivity contribution in [3.05, 3.63) is 65.3 Å². The number of hydrogen-bond acceptors (Lipinski definition) is 5. The lowest BCUT2D eigenvalue weighted by Crippen LogP contribution is -2.16. The molecule has 0 atom stereocenters. The van der Waals surface area contributed by atoms with Crippen LogP contribution < -0.4 is 0 Å². The fraction of sp³-hybridized carbons (Fsp3) is 0.0714. The molecule has 0 unspecified atom stereocenters. The van der Waals surface area contributed by atoms with Gasteiger partial charge in [-0.1, -0.05) is 30.0 Å². The second kappa shape index (κ2) is 5.75. The van der Waals surface area contributed by atoms with Gasteiger partial charge < -0.3 is 4.74 Å². The summed E-state index contributed by atoms with van der Waals surface area (Å²) in [6.45, 7) is 1.91. The Morgan fingerprint density at radius 3 is 2.85 bits per heavy atom. The highest BCUT2D eigenvalue weighted by Crippen LogP contribution is 2.29. The molecular weight excluding hydrogens is 272 g/mol. The van der Waals surface area contributed by atoms with Crippen LogP contribution in [0, 0.1) is 0 Å². The van der Waals surface area contributed by atoms with Crippen LogP contribution in [-0.2, 0) is 4.74 Å². The minimum atomic E-state index is 0.695. The molecule has 0 N–H and O–H groups in total. The third-order valence-corrected chi connectivity index (χ3v) is 3.59. The normalized spacial score (nSPS) is 15.3. The Morgan fingerprint density at radius 1 is 1.30 bits per heavy atom. The Labute approximate surface area is 120 Å². The van der Waals surface area contributed by atoms with E-state index in [0.717, 1.165) is 16.4 Å². The average Bonchev–Trinajstić information content (AvgIpc) is 3.01. The molecule has 1 aliphatic rings. The van der Waals surface area contributed by atoms with Crippen molar-refractivity contribution in [3.8, 4) is 0 Å². The van der Waals surface area contributed by atoms with Crippen LogP contribution in [0.25, 0.3) is 0 Å². The lowest BCUT2D eigenvalue weighted by atomic mass is 10.3. The number of aliphatic imine (C=N–C) groups is 1. The lowest BCUT2D eigenvalue weighted by molar-refractivity contribution is 0.352. The number of ether oxygens (including phenoxy) is 1. The zero-order chi connectivity index (χ0) is 13.8. The molecular formula is C14H12N4OS. The van der Waals surface area contributed by atoms with Gasteiger partial charge in [0.25, 0.3) is 0 Å². The van der Waals surface area contributed by atoms with Crippen LogP contribution >= 0.6 is 11.8 Å². The number of benzene rings is 1. The molecule has 1 aliphatic heterocycles. The molecule has 2 heterocycles. The summed E-state index contributed by atoms with van der Waals surface area (Å²) in [5.41, 5.74) is 0.855. The van der Waals surface area contributed by atoms with E-state index in [0.29, 0.717) is 5.84 Å². The molecule has 0 radical (unpaired) electrons. The highest BCUT2D eigenvalue weighted by atomic mass is 32.2. The third kappa shape index (κ3) is 2.65. The highest BCUT2D eigenvalue weighted by Gasteiger charge is 2.17. The summed E-state index contributed by atoms with van der Waals surface area (Å²) < 4.78 is 7.08. The van der Waals surface area contributed by atoms with Gasteiger partial charge in [0, 0.05) is 5.41 Å². The summed E-state index contributed by atoms with van der Waals surface area (Å²) in [6.07, 6.45) is 4.77. The first-order valence-corrected chi connectivity index (χ1v) is 6.91. The van der Waals surface area contributed by atoms with E-state index in [1.54, 1.807) is 29.0 Å². The number of aromatic nitrogens is 3. The highest BCUT2D eigenvalue weighted by molar-refractivity contribution is 8.06. The number of thioether (sulfide) groups is 1. The van der Waals surface area contributed by atoms with Crippen molar-refractivity contribution >= 4 is 23.3 Å². The van der Waals surface area contributed by atoms with Gasteiger partial charge in [0.1, 0.15) is 18.4 Å². The van der Waals surface area contributed by atoms with Gasteiger partial charge in [-0.15, -0.1) is 0 Å². The SMILES string of the molecule is CC1=C(C(=Nc2ccccc2)n2cncn2)SC=CO1. The number of allylic oxidation sites excluding steroid dienone is 2. The third-order valence-electron chi connectivity index (χ3n) is 2.64. The van der Waals surface area contributed by atoms with E-state index < -0.39 is 0 Å². The molecule has 6 heteroatoms. The zero-order valence-corrected chi connectivity index (χ0v) is 11.6. The number of para-hydroxylation sites is 1. The minimum Gasteiger partial charge on any atom is -0.468 e. The predicted octanol–water partition coefficient (Wildman–Crippen LogP) is 3.32. The fourth-order valence-electron chi connectivity index (χ4n) is 1.72. The molecule has 20 heavy (non-hydrogen) atoms. The van der Waals surface area contributed by atoms with Crippen molar-refractivity contribution in [2.75, 3.05) is 0 Å². The Morgan fingerprint density at radius 2 is 2.15 bits per heavy atom. The maximum Gasteiger partial charge on any atom is 0.173 e. The van der Waals surface area contributed by atoms with Gasteiger partial charge >= 0.3 is 0 Å². The van der Waals surface area contributed by atoms with Gasteiger partial charge in [0.15, 0.2) is 5.84 Å². The predicted molar refractivity (Wildman–Crippen MR) is 79.5 cm³/mol. The maximum absolute atomic E-state index is 5.44. The molecule has 1 aromatic carbocycles. The Kier molecular flexibility index (Phi) is 3.64. The maximum atomic E-state index is 5.44. The number of rotatable bonds is 2. The van der Waals surface area contributed by atoms with Crippen LogP contribution in [0.3, 0.4) is 0 Å². The molecule has 0 bridgehead atoms. The largest absolute Gasteiger partial charge is 0.468 e. The molecule has 0 amide bonds. The van der Waals surface area contributed by atoms with E-state index in [1.165, 1.54) is 6.33 Å². The summed E-state index contributed by atoms with van der Waals surface area (Å²) in [6, 6.07) is 9.74. The van der Waals surface area contributed by atoms with Crippen LogP contribution in [0.5, 0.6) is 0 Å². The zero-order valence-electron chi connectivity index (χ0n) is 10.8. The lowest BCUT2D eigenvalue weighted by Gasteiger charge is -2.15. The van der Waals surface area contributed by atoms with Crippen molar-refractivity contribution < 1.29 is 4.74 Å². The van der Waals surface area contributed by atoms with E-state index in [2.05, 4.69) is 15.1 Å². The van der Waals surface area contributed by atoms with Crippen LogP contribution in [-0.4, -0.2) is 20.6 Å². The van der Waals surface area contributed by atoms with Crippen molar-refractivity contribution in [2.24, 2.45) is 4.99 Å². The summed E-state index contributed by atoms with van der Waals surface area (Å²) in [7, 11) is 0. The summed E-state index contributed by atoms with van der Waals surface area (Å²) in [4.78, 5) is 9.56. The Hall–Kier alpha value is -2.34. The molecule has 3 rings (SSSR count). The van der Waals surface area contributed by atoms with E-state index in [9.17, 15) is 0 Å². The molecule has 0 fully saturated rings. The second-order valence-electron chi connectivity index (χ2n) is 4.00. The van der Waals surface area contributed by atoms with Gasteiger partial charge in [-0.25, -0.2) is 14.7 Å². The van der Waals surface area contributed by atoms with Crippen molar-refractivity contribution in [1.82, 2.24) is 14.8 Å². The standard InChI is InChI=1S/C14H12N4OS/c1-11-13(20-8-7-19-11)14(18-10-15-9-16-18)17-12-5-3-2-4-6-12/h2-10H,1H3. The molecule has 5 nitrogen and oxygen atoms in total. The molecule has 0 aliphatic carbocycles. The average molecular weight is 284 g/mol. The van der Waals surface area contributed by atoms with Gasteiger partial charge in [0.2, 0.25) is 0 Å². The van der Waals surface area contributed by atoms with Crippen LogP contribution in [0.2, 0.25) is 0 Å². The van der Waals surface area contributed by atoms with E-state index in [-0.39, 0.29) is 0 Å². The van der Waals surface area contributed by atoms with E-state index in [4.69, 9.17) is 4.74 Å². The van der Waals surface area contributed by atoms with Crippen LogP contribution in [0.4, 0.5) is 5.69 Å². The van der Waals surface area contributed by atoms with Gasteiger partial charge in [-0.05, 0) is 19.1 Å². The van der Waals surface area contributed by atoms with Crippen molar-refractivity contribution in [2.45, 2.75) is 6.92 Å². The van der Waals surface area contributed by atoms with E-state index >= 15 is 0 Å². The molecule has 0 saturated heterocycles. The van der Waals surface area contributed by atoms with Crippen molar-refractivity contribution in [1.29, 1.82) is 0 Å². The summed E-state index contributed by atoms with van der Waals surface area (Å²) in [5.74, 6) is 1.49. The Balaban J connectivity index is 2.08. The van der Waals surface area contributed by atoms with Gasteiger partial charge in [-0.2, -0.15) is 5.10 Å². The molecule has 0 spiro atoms. The molecule has 0 saturated carbocycles. The van der Waals surface area contributed by atoms with Gasteiger partial charge in [0.05, 0.1) is 16.9 Å². The minimum absolute atomic E-state index is 0.695. The first kappa shape index (κ1) is 12.7. The smallest absolute Gasteiger partial charge is 0.173 e.